The molecule has 0 radical (unpaired) electrons. The highest BCUT2D eigenvalue weighted by Crippen LogP contribution is 2.33. The fraction of sp³-hybridized carbons (Fsp3) is 0.133. The molecular formula is C15H14N2O3. The van der Waals surface area contributed by atoms with Crippen molar-refractivity contribution in [1.29, 1.82) is 5.26 Å². The number of nitrogens with zero attached hydrogens (tertiary/aromatic N) is 1. The van der Waals surface area contributed by atoms with Crippen LogP contribution < -0.4 is 15.2 Å². The minimum atomic E-state index is -0.0723. The van der Waals surface area contributed by atoms with Gasteiger partial charge in [-0.2, -0.15) is 5.26 Å². The molecule has 0 saturated carbocycles. The van der Waals surface area contributed by atoms with Gasteiger partial charge < -0.3 is 20.3 Å². The van der Waals surface area contributed by atoms with E-state index < -0.39 is 0 Å². The van der Waals surface area contributed by atoms with E-state index in [1.165, 1.54) is 7.11 Å². The van der Waals surface area contributed by atoms with Crippen LogP contribution in [0.5, 0.6) is 17.2 Å². The van der Waals surface area contributed by atoms with Crippen molar-refractivity contribution in [3.05, 3.63) is 47.5 Å². The van der Waals surface area contributed by atoms with Gasteiger partial charge in [0.1, 0.15) is 11.8 Å². The van der Waals surface area contributed by atoms with Gasteiger partial charge in [-0.15, -0.1) is 0 Å². The zero-order valence-electron chi connectivity index (χ0n) is 11.0. The van der Waals surface area contributed by atoms with Crippen molar-refractivity contribution in [3.63, 3.8) is 0 Å². The first kappa shape index (κ1) is 13.7. The second kappa shape index (κ2) is 5.95. The maximum Gasteiger partial charge on any atom is 0.169 e. The fourth-order valence-electron chi connectivity index (χ4n) is 1.72. The summed E-state index contributed by atoms with van der Waals surface area (Å²) in [6, 6.07) is 12.0. The zero-order chi connectivity index (χ0) is 14.5. The summed E-state index contributed by atoms with van der Waals surface area (Å²) in [6.07, 6.45) is 0. The number of anilines is 1. The minimum Gasteiger partial charge on any atom is -0.493 e. The van der Waals surface area contributed by atoms with Gasteiger partial charge in [0.15, 0.2) is 11.5 Å². The van der Waals surface area contributed by atoms with Gasteiger partial charge in [0.25, 0.3) is 0 Å². The molecule has 0 saturated heterocycles. The predicted molar refractivity (Wildman–Crippen MR) is 74.6 cm³/mol. The van der Waals surface area contributed by atoms with Gasteiger partial charge in [0, 0.05) is 11.8 Å². The molecule has 3 N–H and O–H groups in total. The van der Waals surface area contributed by atoms with E-state index in [1.54, 1.807) is 36.4 Å². The van der Waals surface area contributed by atoms with Crippen LogP contribution in [0.15, 0.2) is 36.4 Å². The summed E-state index contributed by atoms with van der Waals surface area (Å²) in [6.45, 7) is -0.0723. The van der Waals surface area contributed by atoms with Crippen LogP contribution in [0.3, 0.4) is 0 Å². The molecule has 0 aliphatic heterocycles. The van der Waals surface area contributed by atoms with Gasteiger partial charge >= 0.3 is 0 Å². The average molecular weight is 270 g/mol. The normalized spacial score (nSPS) is 9.85. The molecule has 0 amide bonds. The number of rotatable bonds is 4. The third-order valence-electron chi connectivity index (χ3n) is 2.78. The molecule has 0 aliphatic rings. The molecule has 102 valence electrons. The van der Waals surface area contributed by atoms with Gasteiger partial charge in [-0.25, -0.2) is 0 Å². The average Bonchev–Trinajstić information content (AvgIpc) is 2.49. The molecule has 0 spiro atoms. The van der Waals surface area contributed by atoms with Gasteiger partial charge in [-0.3, -0.25) is 0 Å². The number of aliphatic hydroxyl groups is 1. The molecule has 0 aromatic heterocycles. The quantitative estimate of drug-likeness (QED) is 0.833. The Morgan fingerprint density at radius 3 is 2.65 bits per heavy atom. The SMILES string of the molecule is COc1cc(CO)ccc1Oc1ccc(N)c(C#N)c1. The van der Waals surface area contributed by atoms with Gasteiger partial charge in [-0.05, 0) is 29.8 Å². The van der Waals surface area contributed by atoms with Crippen LogP contribution in [0.25, 0.3) is 0 Å². The monoisotopic (exact) mass is 270 g/mol. The summed E-state index contributed by atoms with van der Waals surface area (Å²) in [5, 5.41) is 18.0. The largest absolute Gasteiger partial charge is 0.493 e. The van der Waals surface area contributed by atoms with Crippen LogP contribution in [0.1, 0.15) is 11.1 Å². The topological polar surface area (TPSA) is 88.5 Å². The van der Waals surface area contributed by atoms with E-state index in [0.717, 1.165) is 5.56 Å². The van der Waals surface area contributed by atoms with E-state index in [-0.39, 0.29) is 6.61 Å². The molecule has 0 atom stereocenters. The highest BCUT2D eigenvalue weighted by Gasteiger charge is 2.08. The molecule has 5 nitrogen and oxygen atoms in total. The first-order valence-electron chi connectivity index (χ1n) is 5.93. The number of ether oxygens (including phenoxy) is 2. The Morgan fingerprint density at radius 2 is 2.00 bits per heavy atom. The number of hydrogen-bond acceptors (Lipinski definition) is 5. The van der Waals surface area contributed by atoms with Crippen molar-refractivity contribution in [2.24, 2.45) is 0 Å². The Kier molecular flexibility index (Phi) is 4.08. The molecule has 0 heterocycles. The second-order valence-corrected chi connectivity index (χ2v) is 4.11. The Balaban J connectivity index is 2.32. The van der Waals surface area contributed by atoms with E-state index >= 15 is 0 Å². The Morgan fingerprint density at radius 1 is 1.20 bits per heavy atom. The van der Waals surface area contributed by atoms with Gasteiger partial charge in [-0.1, -0.05) is 6.07 Å². The second-order valence-electron chi connectivity index (χ2n) is 4.11. The standard InChI is InChI=1S/C15H14N2O3/c1-19-15-6-10(9-18)2-5-14(15)20-12-3-4-13(17)11(7-12)8-16/h2-7,18H,9,17H2,1H3. The number of benzene rings is 2. The van der Waals surface area contributed by atoms with E-state index in [2.05, 4.69) is 0 Å². The number of nitriles is 1. The molecule has 2 aromatic rings. The fourth-order valence-corrected chi connectivity index (χ4v) is 1.72. The zero-order valence-corrected chi connectivity index (χ0v) is 11.0. The summed E-state index contributed by atoms with van der Waals surface area (Å²) in [5.74, 6) is 1.50. The van der Waals surface area contributed by atoms with Crippen molar-refractivity contribution in [1.82, 2.24) is 0 Å². The first-order valence-corrected chi connectivity index (χ1v) is 5.93. The molecule has 0 unspecified atom stereocenters. The Labute approximate surface area is 116 Å². The van der Waals surface area contributed by atoms with E-state index in [0.29, 0.717) is 28.5 Å². The first-order chi connectivity index (χ1) is 9.67. The number of nitrogens with two attached hydrogens (primary N) is 1. The van der Waals surface area contributed by atoms with E-state index in [4.69, 9.17) is 25.6 Å². The van der Waals surface area contributed by atoms with Crippen LogP contribution in [0.4, 0.5) is 5.69 Å². The summed E-state index contributed by atoms with van der Waals surface area (Å²) < 4.78 is 10.9. The van der Waals surface area contributed by atoms with Crippen molar-refractivity contribution >= 4 is 5.69 Å². The van der Waals surface area contributed by atoms with E-state index in [9.17, 15) is 0 Å². The highest BCUT2D eigenvalue weighted by molar-refractivity contribution is 5.57. The summed E-state index contributed by atoms with van der Waals surface area (Å²) in [5.41, 5.74) is 7.14. The van der Waals surface area contributed by atoms with Crippen LogP contribution in [0, 0.1) is 11.3 Å². The molecule has 0 aliphatic carbocycles. The van der Waals surface area contributed by atoms with Crippen molar-refractivity contribution in [2.45, 2.75) is 6.61 Å². The molecule has 5 heteroatoms. The minimum absolute atomic E-state index is 0.0723. The summed E-state index contributed by atoms with van der Waals surface area (Å²) in [4.78, 5) is 0. The lowest BCUT2D eigenvalue weighted by atomic mass is 10.2. The van der Waals surface area contributed by atoms with Crippen molar-refractivity contribution in [3.8, 4) is 23.3 Å². The number of nitrogen functional groups attached to an aromatic ring is 1. The number of methoxy groups -OCH3 is 1. The maximum absolute atomic E-state index is 9.09. The van der Waals surface area contributed by atoms with Crippen LogP contribution >= 0.6 is 0 Å². The lowest BCUT2D eigenvalue weighted by Gasteiger charge is -2.12. The van der Waals surface area contributed by atoms with Gasteiger partial charge in [0.05, 0.1) is 19.3 Å². The highest BCUT2D eigenvalue weighted by atomic mass is 16.5. The Bertz CT molecular complexity index is 663. The van der Waals surface area contributed by atoms with E-state index in [1.807, 2.05) is 6.07 Å². The molecule has 0 bridgehead atoms. The Hall–Kier alpha value is -2.71. The molecule has 0 fully saturated rings. The van der Waals surface area contributed by atoms with Crippen molar-refractivity contribution < 1.29 is 14.6 Å². The molecular weight excluding hydrogens is 256 g/mol. The van der Waals surface area contributed by atoms with Crippen LogP contribution in [-0.4, -0.2) is 12.2 Å². The summed E-state index contributed by atoms with van der Waals surface area (Å²) in [7, 11) is 1.52. The summed E-state index contributed by atoms with van der Waals surface area (Å²) >= 11 is 0. The maximum atomic E-state index is 9.09. The predicted octanol–water partition coefficient (Wildman–Crippen LogP) is 2.43. The van der Waals surface area contributed by atoms with Gasteiger partial charge in [0.2, 0.25) is 0 Å². The number of aliphatic hydroxyl groups excluding tert-OH is 1. The smallest absolute Gasteiger partial charge is 0.169 e. The molecule has 2 rings (SSSR count). The van der Waals surface area contributed by atoms with Crippen molar-refractivity contribution in [2.75, 3.05) is 12.8 Å². The lowest BCUT2D eigenvalue weighted by molar-refractivity contribution is 0.280. The molecule has 20 heavy (non-hydrogen) atoms. The molecule has 2 aromatic carbocycles. The number of hydrogen-bond donors (Lipinski definition) is 2. The van der Waals surface area contributed by atoms with Crippen LogP contribution in [-0.2, 0) is 6.61 Å². The van der Waals surface area contributed by atoms with Crippen LogP contribution in [0.2, 0.25) is 0 Å². The third-order valence-corrected chi connectivity index (χ3v) is 2.78. The lowest BCUT2D eigenvalue weighted by Crippen LogP contribution is -1.94. The third kappa shape index (κ3) is 2.82.